The van der Waals surface area contributed by atoms with Gasteiger partial charge in [-0.25, -0.2) is 0 Å². The van der Waals surface area contributed by atoms with Crippen molar-refractivity contribution in [2.45, 2.75) is 13.5 Å². The van der Waals surface area contributed by atoms with E-state index in [0.29, 0.717) is 11.3 Å². The second-order valence-electron chi connectivity index (χ2n) is 4.22. The van der Waals surface area contributed by atoms with Gasteiger partial charge in [0.15, 0.2) is 0 Å². The van der Waals surface area contributed by atoms with E-state index in [1.54, 1.807) is 12.1 Å². The fourth-order valence-corrected chi connectivity index (χ4v) is 1.63. The summed E-state index contributed by atoms with van der Waals surface area (Å²) in [4.78, 5) is 11.9. The van der Waals surface area contributed by atoms with Gasteiger partial charge in [-0.15, -0.1) is 0 Å². The highest BCUT2D eigenvalue weighted by atomic mass is 19.3. The van der Waals surface area contributed by atoms with Crippen molar-refractivity contribution >= 4 is 11.6 Å². The lowest BCUT2D eigenvalue weighted by Gasteiger charge is -2.07. The molecule has 0 aromatic heterocycles. The summed E-state index contributed by atoms with van der Waals surface area (Å²) < 4.78 is 28.2. The van der Waals surface area contributed by atoms with E-state index in [1.165, 1.54) is 24.3 Å². The topological polar surface area (TPSA) is 38.3 Å². The summed E-state index contributed by atoms with van der Waals surface area (Å²) in [6.45, 7) is -0.924. The summed E-state index contributed by atoms with van der Waals surface area (Å²) in [6.07, 6.45) is 0. The van der Waals surface area contributed by atoms with Gasteiger partial charge in [0.05, 0.1) is 0 Å². The summed E-state index contributed by atoms with van der Waals surface area (Å²) in [7, 11) is 0. The Kier molecular flexibility index (Phi) is 4.30. The lowest BCUT2D eigenvalue weighted by Crippen LogP contribution is -2.11. The largest absolute Gasteiger partial charge is 0.435 e. The SMILES string of the molecule is Cc1ccc(C(=O)Nc2ccc(OC(F)F)cc2)cc1. The number of halogens is 2. The molecule has 0 spiro atoms. The van der Waals surface area contributed by atoms with Crippen LogP contribution in [0.4, 0.5) is 14.5 Å². The van der Waals surface area contributed by atoms with E-state index < -0.39 is 6.61 Å². The molecule has 104 valence electrons. The van der Waals surface area contributed by atoms with Gasteiger partial charge in [0.1, 0.15) is 5.75 Å². The van der Waals surface area contributed by atoms with Crippen molar-refractivity contribution in [3.8, 4) is 5.75 Å². The molecule has 0 aliphatic carbocycles. The van der Waals surface area contributed by atoms with Crippen LogP contribution in [-0.4, -0.2) is 12.5 Å². The monoisotopic (exact) mass is 277 g/mol. The van der Waals surface area contributed by atoms with Crippen LogP contribution in [0, 0.1) is 6.92 Å². The molecule has 0 aliphatic heterocycles. The molecule has 0 unspecified atom stereocenters. The minimum Gasteiger partial charge on any atom is -0.435 e. The number of alkyl halides is 2. The van der Waals surface area contributed by atoms with E-state index in [0.717, 1.165) is 5.56 Å². The number of nitrogens with one attached hydrogen (secondary N) is 1. The lowest BCUT2D eigenvalue weighted by atomic mass is 10.1. The molecule has 0 fully saturated rings. The van der Waals surface area contributed by atoms with Crippen LogP contribution in [0.1, 0.15) is 15.9 Å². The molecular weight excluding hydrogens is 264 g/mol. The highest BCUT2D eigenvalue weighted by molar-refractivity contribution is 6.04. The number of amides is 1. The third-order valence-corrected chi connectivity index (χ3v) is 2.65. The number of hydrogen-bond donors (Lipinski definition) is 1. The fraction of sp³-hybridized carbons (Fsp3) is 0.133. The minimum absolute atomic E-state index is 0.0494. The molecule has 2 rings (SSSR count). The molecule has 0 radical (unpaired) electrons. The van der Waals surface area contributed by atoms with Crippen LogP contribution in [0.15, 0.2) is 48.5 Å². The van der Waals surface area contributed by atoms with Gasteiger partial charge < -0.3 is 10.1 Å². The molecule has 0 atom stereocenters. The van der Waals surface area contributed by atoms with Crippen LogP contribution < -0.4 is 10.1 Å². The molecule has 3 nitrogen and oxygen atoms in total. The van der Waals surface area contributed by atoms with Crippen LogP contribution in [0.2, 0.25) is 0 Å². The maximum absolute atomic E-state index is 12.0. The number of rotatable bonds is 4. The summed E-state index contributed by atoms with van der Waals surface area (Å²) >= 11 is 0. The van der Waals surface area contributed by atoms with Gasteiger partial charge in [-0.05, 0) is 43.3 Å². The van der Waals surface area contributed by atoms with Crippen LogP contribution in [0.5, 0.6) is 5.75 Å². The quantitative estimate of drug-likeness (QED) is 0.921. The first-order chi connectivity index (χ1) is 9.54. The molecule has 20 heavy (non-hydrogen) atoms. The Bertz CT molecular complexity index is 580. The number of carbonyl (C=O) groups excluding carboxylic acids is 1. The van der Waals surface area contributed by atoms with Gasteiger partial charge in [0, 0.05) is 11.3 Å². The van der Waals surface area contributed by atoms with Crippen molar-refractivity contribution in [2.24, 2.45) is 0 Å². The third kappa shape index (κ3) is 3.78. The van der Waals surface area contributed by atoms with Crippen molar-refractivity contribution in [2.75, 3.05) is 5.32 Å². The summed E-state index contributed by atoms with van der Waals surface area (Å²) in [6, 6.07) is 12.9. The molecule has 0 saturated carbocycles. The van der Waals surface area contributed by atoms with E-state index in [2.05, 4.69) is 10.1 Å². The van der Waals surface area contributed by atoms with E-state index in [9.17, 15) is 13.6 Å². The predicted octanol–water partition coefficient (Wildman–Crippen LogP) is 3.85. The summed E-state index contributed by atoms with van der Waals surface area (Å²) in [5.74, 6) is -0.208. The fourth-order valence-electron chi connectivity index (χ4n) is 1.63. The number of benzene rings is 2. The zero-order valence-electron chi connectivity index (χ0n) is 10.8. The molecule has 2 aromatic rings. The number of hydrogen-bond acceptors (Lipinski definition) is 2. The van der Waals surface area contributed by atoms with Gasteiger partial charge in [0.2, 0.25) is 0 Å². The Morgan fingerprint density at radius 2 is 1.65 bits per heavy atom. The Balaban J connectivity index is 2.02. The Morgan fingerprint density at radius 3 is 2.20 bits per heavy atom. The van der Waals surface area contributed by atoms with Gasteiger partial charge in [-0.3, -0.25) is 4.79 Å². The molecule has 5 heteroatoms. The second-order valence-corrected chi connectivity index (χ2v) is 4.22. The standard InChI is InChI=1S/C15H13F2NO2/c1-10-2-4-11(5-3-10)14(19)18-12-6-8-13(9-7-12)20-15(16)17/h2-9,15H,1H3,(H,18,19). The van der Waals surface area contributed by atoms with Crippen LogP contribution in [0.3, 0.4) is 0 Å². The molecule has 1 amide bonds. The molecule has 0 saturated heterocycles. The average Bonchev–Trinajstić information content (AvgIpc) is 2.41. The Morgan fingerprint density at radius 1 is 1.05 bits per heavy atom. The first-order valence-electron chi connectivity index (χ1n) is 5.97. The van der Waals surface area contributed by atoms with Crippen molar-refractivity contribution in [3.05, 3.63) is 59.7 Å². The van der Waals surface area contributed by atoms with E-state index in [4.69, 9.17) is 0 Å². The first kappa shape index (κ1) is 14.0. The smallest absolute Gasteiger partial charge is 0.387 e. The van der Waals surface area contributed by atoms with Crippen molar-refractivity contribution < 1.29 is 18.3 Å². The number of aryl methyl sites for hydroxylation is 1. The number of carbonyl (C=O) groups is 1. The van der Waals surface area contributed by atoms with Gasteiger partial charge in [0.25, 0.3) is 5.91 Å². The van der Waals surface area contributed by atoms with Crippen molar-refractivity contribution in [1.82, 2.24) is 0 Å². The molecule has 1 N–H and O–H groups in total. The molecule has 0 aliphatic rings. The van der Waals surface area contributed by atoms with Crippen LogP contribution >= 0.6 is 0 Å². The van der Waals surface area contributed by atoms with E-state index in [1.807, 2.05) is 19.1 Å². The zero-order chi connectivity index (χ0) is 14.5. The summed E-state index contributed by atoms with van der Waals surface area (Å²) in [5, 5.41) is 2.68. The Labute approximate surface area is 115 Å². The minimum atomic E-state index is -2.86. The van der Waals surface area contributed by atoms with Crippen LogP contribution in [0.25, 0.3) is 0 Å². The number of ether oxygens (including phenoxy) is 1. The normalized spacial score (nSPS) is 10.4. The van der Waals surface area contributed by atoms with Crippen molar-refractivity contribution in [1.29, 1.82) is 0 Å². The van der Waals surface area contributed by atoms with Gasteiger partial charge in [-0.2, -0.15) is 8.78 Å². The first-order valence-corrected chi connectivity index (χ1v) is 5.97. The number of anilines is 1. The third-order valence-electron chi connectivity index (χ3n) is 2.65. The maximum Gasteiger partial charge on any atom is 0.387 e. The van der Waals surface area contributed by atoms with E-state index >= 15 is 0 Å². The zero-order valence-corrected chi connectivity index (χ0v) is 10.8. The lowest BCUT2D eigenvalue weighted by molar-refractivity contribution is -0.0498. The average molecular weight is 277 g/mol. The highest BCUT2D eigenvalue weighted by Gasteiger charge is 2.07. The predicted molar refractivity (Wildman–Crippen MR) is 72.2 cm³/mol. The van der Waals surface area contributed by atoms with Gasteiger partial charge in [-0.1, -0.05) is 17.7 Å². The van der Waals surface area contributed by atoms with E-state index in [-0.39, 0.29) is 11.7 Å². The van der Waals surface area contributed by atoms with Crippen molar-refractivity contribution in [3.63, 3.8) is 0 Å². The highest BCUT2D eigenvalue weighted by Crippen LogP contribution is 2.18. The van der Waals surface area contributed by atoms with Gasteiger partial charge >= 0.3 is 6.61 Å². The van der Waals surface area contributed by atoms with Crippen LogP contribution in [-0.2, 0) is 0 Å². The molecular formula is C15H13F2NO2. The maximum atomic E-state index is 12.0. The molecule has 0 heterocycles. The summed E-state index contributed by atoms with van der Waals surface area (Å²) in [5.41, 5.74) is 2.11. The molecule has 0 bridgehead atoms. The molecule has 2 aromatic carbocycles. The second kappa shape index (κ2) is 6.14. The Hall–Kier alpha value is -2.43.